The number of ether oxygens (including phenoxy) is 1. The van der Waals surface area contributed by atoms with Crippen LogP contribution < -0.4 is 15.0 Å². The van der Waals surface area contributed by atoms with E-state index < -0.39 is 11.6 Å². The standard InChI is InChI=1S/C16H21F2N3O2/c17-13-9-12(23-11-15(22)20-5-1-2-6-20)10-14(18)16(13)21-7-3-19-4-8-21/h9-10,19H,1-8,11H2. The molecule has 0 atom stereocenters. The molecule has 2 saturated heterocycles. The minimum atomic E-state index is -0.657. The molecule has 1 amide bonds. The Bertz CT molecular complexity index is 547. The molecule has 0 aliphatic carbocycles. The largest absolute Gasteiger partial charge is 0.484 e. The Kier molecular flexibility index (Phi) is 4.95. The minimum Gasteiger partial charge on any atom is -0.484 e. The highest BCUT2D eigenvalue weighted by molar-refractivity contribution is 5.78. The molecule has 1 aromatic carbocycles. The van der Waals surface area contributed by atoms with E-state index in [2.05, 4.69) is 5.32 Å². The van der Waals surface area contributed by atoms with Crippen molar-refractivity contribution < 1.29 is 18.3 Å². The topological polar surface area (TPSA) is 44.8 Å². The molecule has 7 heteroatoms. The number of carbonyl (C=O) groups excluding carboxylic acids is 1. The van der Waals surface area contributed by atoms with Crippen molar-refractivity contribution in [2.24, 2.45) is 0 Å². The van der Waals surface area contributed by atoms with Gasteiger partial charge in [-0.1, -0.05) is 0 Å². The second-order valence-electron chi connectivity index (χ2n) is 5.85. The summed E-state index contributed by atoms with van der Waals surface area (Å²) in [6, 6.07) is 2.30. The highest BCUT2D eigenvalue weighted by Crippen LogP contribution is 2.28. The van der Waals surface area contributed by atoms with Gasteiger partial charge in [-0.05, 0) is 12.8 Å². The van der Waals surface area contributed by atoms with Crippen molar-refractivity contribution in [1.82, 2.24) is 10.2 Å². The molecule has 5 nitrogen and oxygen atoms in total. The van der Waals surface area contributed by atoms with E-state index in [-0.39, 0.29) is 24.0 Å². The number of hydrogen-bond donors (Lipinski definition) is 1. The van der Waals surface area contributed by atoms with Crippen molar-refractivity contribution in [1.29, 1.82) is 0 Å². The van der Waals surface area contributed by atoms with Gasteiger partial charge in [0.15, 0.2) is 18.2 Å². The number of nitrogens with one attached hydrogen (secondary N) is 1. The van der Waals surface area contributed by atoms with Crippen LogP contribution in [0.5, 0.6) is 5.75 Å². The van der Waals surface area contributed by atoms with Gasteiger partial charge in [0.25, 0.3) is 5.91 Å². The normalized spacial score (nSPS) is 18.3. The monoisotopic (exact) mass is 325 g/mol. The summed E-state index contributed by atoms with van der Waals surface area (Å²) in [6.07, 6.45) is 1.99. The zero-order chi connectivity index (χ0) is 16.2. The lowest BCUT2D eigenvalue weighted by molar-refractivity contribution is -0.132. The van der Waals surface area contributed by atoms with Crippen LogP contribution in [0.4, 0.5) is 14.5 Å². The first-order chi connectivity index (χ1) is 11.1. The molecule has 0 aromatic heterocycles. The summed E-state index contributed by atoms with van der Waals surface area (Å²) in [7, 11) is 0. The number of halogens is 2. The summed E-state index contributed by atoms with van der Waals surface area (Å²) >= 11 is 0. The first-order valence-corrected chi connectivity index (χ1v) is 8.00. The Labute approximate surface area is 134 Å². The average molecular weight is 325 g/mol. The van der Waals surface area contributed by atoms with Crippen LogP contribution in [-0.2, 0) is 4.79 Å². The van der Waals surface area contributed by atoms with Gasteiger partial charge < -0.3 is 19.9 Å². The van der Waals surface area contributed by atoms with Crippen molar-refractivity contribution >= 4 is 11.6 Å². The summed E-state index contributed by atoms with van der Waals surface area (Å²) in [5, 5.41) is 3.14. The summed E-state index contributed by atoms with van der Waals surface area (Å²) in [4.78, 5) is 15.3. The molecule has 23 heavy (non-hydrogen) atoms. The lowest BCUT2D eigenvalue weighted by atomic mass is 10.2. The molecule has 2 fully saturated rings. The van der Waals surface area contributed by atoms with Crippen molar-refractivity contribution in [3.63, 3.8) is 0 Å². The summed E-state index contributed by atoms with van der Waals surface area (Å²) in [6.45, 7) is 3.78. The summed E-state index contributed by atoms with van der Waals surface area (Å²) in [5.74, 6) is -1.41. The highest BCUT2D eigenvalue weighted by atomic mass is 19.1. The number of hydrogen-bond acceptors (Lipinski definition) is 4. The molecule has 126 valence electrons. The fraction of sp³-hybridized carbons (Fsp3) is 0.562. The van der Waals surface area contributed by atoms with Gasteiger partial charge in [0.2, 0.25) is 0 Å². The first-order valence-electron chi connectivity index (χ1n) is 8.00. The molecular weight excluding hydrogens is 304 g/mol. The summed E-state index contributed by atoms with van der Waals surface area (Å²) < 4.78 is 33.8. The van der Waals surface area contributed by atoms with E-state index >= 15 is 0 Å². The molecule has 0 unspecified atom stereocenters. The smallest absolute Gasteiger partial charge is 0.260 e. The quantitative estimate of drug-likeness (QED) is 0.908. The number of nitrogens with zero attached hydrogens (tertiary/aromatic N) is 2. The van der Waals surface area contributed by atoms with E-state index in [1.807, 2.05) is 0 Å². The second-order valence-corrected chi connectivity index (χ2v) is 5.85. The molecule has 2 aliphatic heterocycles. The van der Waals surface area contributed by atoms with E-state index in [0.29, 0.717) is 26.2 Å². The maximum Gasteiger partial charge on any atom is 0.260 e. The Morgan fingerprint density at radius 1 is 1.09 bits per heavy atom. The van der Waals surface area contributed by atoms with E-state index in [9.17, 15) is 13.6 Å². The van der Waals surface area contributed by atoms with Gasteiger partial charge in [-0.3, -0.25) is 4.79 Å². The molecule has 0 bridgehead atoms. The van der Waals surface area contributed by atoms with Gasteiger partial charge in [-0.15, -0.1) is 0 Å². The van der Waals surface area contributed by atoms with Crippen LogP contribution in [0.2, 0.25) is 0 Å². The van der Waals surface area contributed by atoms with Crippen LogP contribution in [-0.4, -0.2) is 56.7 Å². The van der Waals surface area contributed by atoms with Crippen LogP contribution in [0, 0.1) is 11.6 Å². The Hall–Kier alpha value is -1.89. The minimum absolute atomic E-state index is 0.0234. The Balaban J connectivity index is 1.65. The molecule has 2 heterocycles. The van der Waals surface area contributed by atoms with Gasteiger partial charge in [-0.2, -0.15) is 0 Å². The van der Waals surface area contributed by atoms with Gasteiger partial charge in [0.05, 0.1) is 0 Å². The zero-order valence-corrected chi connectivity index (χ0v) is 13.0. The highest BCUT2D eigenvalue weighted by Gasteiger charge is 2.22. The molecule has 3 rings (SSSR count). The number of likely N-dealkylation sites (tertiary alicyclic amines) is 1. The fourth-order valence-electron chi connectivity index (χ4n) is 3.02. The number of anilines is 1. The Morgan fingerprint density at radius 3 is 2.30 bits per heavy atom. The van der Waals surface area contributed by atoms with Crippen molar-refractivity contribution in [3.05, 3.63) is 23.8 Å². The lowest BCUT2D eigenvalue weighted by Gasteiger charge is -2.30. The molecule has 0 radical (unpaired) electrons. The molecule has 1 aromatic rings. The van der Waals surface area contributed by atoms with Crippen LogP contribution in [0.15, 0.2) is 12.1 Å². The van der Waals surface area contributed by atoms with E-state index in [1.54, 1.807) is 9.80 Å². The van der Waals surface area contributed by atoms with Crippen LogP contribution in [0.25, 0.3) is 0 Å². The Morgan fingerprint density at radius 2 is 1.70 bits per heavy atom. The number of carbonyl (C=O) groups is 1. The predicted molar refractivity (Wildman–Crippen MR) is 82.7 cm³/mol. The maximum absolute atomic E-state index is 14.2. The third kappa shape index (κ3) is 3.72. The maximum atomic E-state index is 14.2. The van der Waals surface area contributed by atoms with Crippen molar-refractivity contribution in [2.75, 3.05) is 50.8 Å². The van der Waals surface area contributed by atoms with E-state index in [4.69, 9.17) is 4.74 Å². The van der Waals surface area contributed by atoms with E-state index in [1.165, 1.54) is 0 Å². The van der Waals surface area contributed by atoms with Crippen LogP contribution >= 0.6 is 0 Å². The van der Waals surface area contributed by atoms with Gasteiger partial charge in [-0.25, -0.2) is 8.78 Å². The first kappa shape index (κ1) is 16.0. The van der Waals surface area contributed by atoms with Crippen molar-refractivity contribution in [3.8, 4) is 5.75 Å². The fourth-order valence-corrected chi connectivity index (χ4v) is 3.02. The van der Waals surface area contributed by atoms with E-state index in [0.717, 1.165) is 38.1 Å². The molecule has 1 N–H and O–H groups in total. The third-order valence-electron chi connectivity index (χ3n) is 4.24. The number of amides is 1. The number of rotatable bonds is 4. The number of benzene rings is 1. The average Bonchev–Trinajstić information content (AvgIpc) is 3.07. The number of piperazine rings is 1. The molecule has 2 aliphatic rings. The lowest BCUT2D eigenvalue weighted by Crippen LogP contribution is -2.44. The SMILES string of the molecule is O=C(COc1cc(F)c(N2CCNCC2)c(F)c1)N1CCCC1. The second kappa shape index (κ2) is 7.12. The van der Waals surface area contributed by atoms with Crippen molar-refractivity contribution in [2.45, 2.75) is 12.8 Å². The van der Waals surface area contributed by atoms with Gasteiger partial charge >= 0.3 is 0 Å². The predicted octanol–water partition coefficient (Wildman–Crippen LogP) is 1.38. The molecule has 0 saturated carbocycles. The zero-order valence-electron chi connectivity index (χ0n) is 13.0. The third-order valence-corrected chi connectivity index (χ3v) is 4.24. The van der Waals surface area contributed by atoms with Gasteiger partial charge in [0.1, 0.15) is 11.4 Å². The summed E-state index contributed by atoms with van der Waals surface area (Å²) in [5.41, 5.74) is -0.0234. The van der Waals surface area contributed by atoms with Crippen LogP contribution in [0.1, 0.15) is 12.8 Å². The molecular formula is C16H21F2N3O2. The van der Waals surface area contributed by atoms with Crippen LogP contribution in [0.3, 0.4) is 0 Å². The van der Waals surface area contributed by atoms with Gasteiger partial charge in [0, 0.05) is 51.4 Å². The molecule has 0 spiro atoms.